The van der Waals surface area contributed by atoms with Crippen LogP contribution in [0.5, 0.6) is 5.75 Å². The number of benzene rings is 2. The first-order valence-electron chi connectivity index (χ1n) is 8.33. The quantitative estimate of drug-likeness (QED) is 0.650. The van der Waals surface area contributed by atoms with Crippen LogP contribution < -0.4 is 9.46 Å². The predicted molar refractivity (Wildman–Crippen MR) is 107 cm³/mol. The van der Waals surface area contributed by atoms with Gasteiger partial charge in [-0.3, -0.25) is 9.40 Å². The summed E-state index contributed by atoms with van der Waals surface area (Å²) in [5.74, 6) is 0.375. The van der Waals surface area contributed by atoms with Crippen molar-refractivity contribution in [3.63, 3.8) is 0 Å². The summed E-state index contributed by atoms with van der Waals surface area (Å²) < 4.78 is 35.7. The average Bonchev–Trinajstić information content (AvgIpc) is 3.09. The van der Waals surface area contributed by atoms with E-state index in [1.54, 1.807) is 16.8 Å². The number of methoxy groups -OCH3 is 1. The van der Waals surface area contributed by atoms with E-state index >= 15 is 0 Å². The molecule has 2 aromatic carbocycles. The molecule has 0 aliphatic carbocycles. The third kappa shape index (κ3) is 4.09. The topological polar surface area (TPSA) is 73.2 Å². The lowest BCUT2D eigenvalue weighted by Crippen LogP contribution is -2.14. The number of nitrogens with one attached hydrogen (secondary N) is 1. The maximum Gasteiger partial charge on any atom is 0.265 e. The summed E-state index contributed by atoms with van der Waals surface area (Å²) in [5, 5.41) is 4.89. The van der Waals surface area contributed by atoms with Crippen LogP contribution in [0.3, 0.4) is 0 Å². The first-order chi connectivity index (χ1) is 12.8. The van der Waals surface area contributed by atoms with Gasteiger partial charge in [-0.05, 0) is 32.0 Å². The second kappa shape index (κ2) is 7.62. The van der Waals surface area contributed by atoms with Gasteiger partial charge in [-0.1, -0.05) is 41.9 Å². The van der Waals surface area contributed by atoms with Crippen LogP contribution in [0.1, 0.15) is 19.9 Å². The number of nitrogens with zero attached hydrogens (tertiary/aromatic N) is 2. The van der Waals surface area contributed by atoms with Crippen molar-refractivity contribution in [1.82, 2.24) is 9.78 Å². The molecule has 0 radical (unpaired) electrons. The van der Waals surface area contributed by atoms with Gasteiger partial charge in [0.2, 0.25) is 0 Å². The number of sulfonamides is 1. The van der Waals surface area contributed by atoms with Crippen LogP contribution >= 0.6 is 11.6 Å². The number of halogens is 1. The number of hydrogen-bond donors (Lipinski definition) is 1. The highest BCUT2D eigenvalue weighted by molar-refractivity contribution is 7.92. The Balaban J connectivity index is 2.11. The van der Waals surface area contributed by atoms with Crippen LogP contribution in [-0.2, 0) is 10.0 Å². The Morgan fingerprint density at radius 3 is 2.48 bits per heavy atom. The Hall–Kier alpha value is -2.51. The van der Waals surface area contributed by atoms with Crippen LogP contribution in [0.25, 0.3) is 11.3 Å². The molecule has 3 rings (SSSR count). The molecule has 0 aliphatic rings. The third-order valence-corrected chi connectivity index (χ3v) is 5.57. The predicted octanol–water partition coefficient (Wildman–Crippen LogP) is 4.59. The molecule has 1 heterocycles. The Kier molecular flexibility index (Phi) is 5.43. The standard InChI is InChI=1S/C19H20ClN3O3S/c1-13(2)23-12-18(19(21-23)14-7-5-4-6-8-14)27(24,25)22-16-11-15(20)9-10-17(16)26-3/h4-13,22H,1-3H3. The van der Waals surface area contributed by atoms with E-state index in [0.717, 1.165) is 5.56 Å². The Bertz CT molecular complexity index is 1050. The number of rotatable bonds is 6. The summed E-state index contributed by atoms with van der Waals surface area (Å²) in [5.41, 5.74) is 1.37. The van der Waals surface area contributed by atoms with E-state index in [9.17, 15) is 8.42 Å². The van der Waals surface area contributed by atoms with Crippen molar-refractivity contribution in [2.24, 2.45) is 0 Å². The largest absolute Gasteiger partial charge is 0.495 e. The minimum absolute atomic E-state index is 0.0112. The Morgan fingerprint density at radius 1 is 1.15 bits per heavy atom. The van der Waals surface area contributed by atoms with Crippen molar-refractivity contribution >= 4 is 27.3 Å². The molecule has 0 saturated carbocycles. The van der Waals surface area contributed by atoms with Crippen LogP contribution in [0.15, 0.2) is 59.6 Å². The molecule has 1 N–H and O–H groups in total. The molecule has 0 spiro atoms. The fourth-order valence-electron chi connectivity index (χ4n) is 2.59. The number of anilines is 1. The van der Waals surface area contributed by atoms with E-state index < -0.39 is 10.0 Å². The molecule has 0 atom stereocenters. The van der Waals surface area contributed by atoms with E-state index in [0.29, 0.717) is 16.5 Å². The van der Waals surface area contributed by atoms with Gasteiger partial charge < -0.3 is 4.74 Å². The zero-order valence-electron chi connectivity index (χ0n) is 15.2. The molecular weight excluding hydrogens is 386 g/mol. The summed E-state index contributed by atoms with van der Waals surface area (Å²) in [6, 6.07) is 14.0. The highest BCUT2D eigenvalue weighted by Crippen LogP contribution is 2.33. The van der Waals surface area contributed by atoms with Gasteiger partial charge in [0.1, 0.15) is 16.3 Å². The molecule has 0 bridgehead atoms. The maximum absolute atomic E-state index is 13.1. The molecule has 142 valence electrons. The highest BCUT2D eigenvalue weighted by Gasteiger charge is 2.25. The van der Waals surface area contributed by atoms with Gasteiger partial charge >= 0.3 is 0 Å². The van der Waals surface area contributed by atoms with Crippen molar-refractivity contribution in [1.29, 1.82) is 0 Å². The van der Waals surface area contributed by atoms with Crippen LogP contribution in [0.2, 0.25) is 5.02 Å². The van der Waals surface area contributed by atoms with Gasteiger partial charge in [0.05, 0.1) is 12.8 Å². The molecule has 27 heavy (non-hydrogen) atoms. The number of ether oxygens (including phenoxy) is 1. The van der Waals surface area contributed by atoms with Crippen LogP contribution in [-0.4, -0.2) is 25.3 Å². The average molecular weight is 406 g/mol. The highest BCUT2D eigenvalue weighted by atomic mass is 35.5. The monoisotopic (exact) mass is 405 g/mol. The van der Waals surface area contributed by atoms with Crippen molar-refractivity contribution in [3.8, 4) is 17.0 Å². The molecule has 0 aliphatic heterocycles. The van der Waals surface area contributed by atoms with E-state index in [4.69, 9.17) is 16.3 Å². The van der Waals surface area contributed by atoms with Crippen LogP contribution in [0, 0.1) is 0 Å². The molecule has 0 fully saturated rings. The normalized spacial score (nSPS) is 11.6. The van der Waals surface area contributed by atoms with E-state index in [1.807, 2.05) is 44.2 Å². The minimum atomic E-state index is -3.93. The fraction of sp³-hybridized carbons (Fsp3) is 0.211. The van der Waals surface area contributed by atoms with Gasteiger partial charge in [-0.25, -0.2) is 8.42 Å². The number of hydrogen-bond acceptors (Lipinski definition) is 4. The summed E-state index contributed by atoms with van der Waals surface area (Å²) >= 11 is 6.01. The first-order valence-corrected chi connectivity index (χ1v) is 10.2. The first kappa shape index (κ1) is 19.3. The summed E-state index contributed by atoms with van der Waals surface area (Å²) in [7, 11) is -2.46. The third-order valence-electron chi connectivity index (χ3n) is 3.97. The van der Waals surface area contributed by atoms with Gasteiger partial charge in [-0.2, -0.15) is 5.10 Å². The zero-order chi connectivity index (χ0) is 19.6. The van der Waals surface area contributed by atoms with Crippen molar-refractivity contribution in [2.75, 3.05) is 11.8 Å². The smallest absolute Gasteiger partial charge is 0.265 e. The maximum atomic E-state index is 13.1. The van der Waals surface area contributed by atoms with Gasteiger partial charge in [0, 0.05) is 22.8 Å². The molecule has 8 heteroatoms. The van der Waals surface area contributed by atoms with E-state index in [2.05, 4.69) is 9.82 Å². The number of aromatic nitrogens is 2. The molecule has 0 saturated heterocycles. The second-order valence-electron chi connectivity index (χ2n) is 6.23. The molecule has 3 aromatic rings. The SMILES string of the molecule is COc1ccc(Cl)cc1NS(=O)(=O)c1cn(C(C)C)nc1-c1ccccc1. The van der Waals surface area contributed by atoms with Gasteiger partial charge in [-0.15, -0.1) is 0 Å². The molecule has 0 unspecified atom stereocenters. The van der Waals surface area contributed by atoms with Gasteiger partial charge in [0.25, 0.3) is 10.0 Å². The molecule has 0 amide bonds. The summed E-state index contributed by atoms with van der Waals surface area (Å²) in [6.45, 7) is 3.87. The zero-order valence-corrected chi connectivity index (χ0v) is 16.8. The molecule has 6 nitrogen and oxygen atoms in total. The van der Waals surface area contributed by atoms with E-state index in [-0.39, 0.29) is 16.6 Å². The van der Waals surface area contributed by atoms with Crippen molar-refractivity contribution in [2.45, 2.75) is 24.8 Å². The second-order valence-corrected chi connectivity index (χ2v) is 8.32. The Labute approximate surface area is 163 Å². The summed E-state index contributed by atoms with van der Waals surface area (Å²) in [4.78, 5) is 0.0874. The lowest BCUT2D eigenvalue weighted by atomic mass is 10.2. The Morgan fingerprint density at radius 2 is 1.85 bits per heavy atom. The lowest BCUT2D eigenvalue weighted by Gasteiger charge is -2.12. The summed E-state index contributed by atoms with van der Waals surface area (Å²) in [6.07, 6.45) is 1.53. The van der Waals surface area contributed by atoms with Crippen LogP contribution in [0.4, 0.5) is 5.69 Å². The lowest BCUT2D eigenvalue weighted by molar-refractivity contribution is 0.417. The fourth-order valence-corrected chi connectivity index (χ4v) is 3.98. The van der Waals surface area contributed by atoms with Crippen molar-refractivity contribution < 1.29 is 13.2 Å². The minimum Gasteiger partial charge on any atom is -0.495 e. The van der Waals surface area contributed by atoms with Crippen molar-refractivity contribution in [3.05, 3.63) is 59.8 Å². The van der Waals surface area contributed by atoms with Gasteiger partial charge in [0.15, 0.2) is 0 Å². The van der Waals surface area contributed by atoms with E-state index in [1.165, 1.54) is 19.4 Å². The molecular formula is C19H20ClN3O3S. The molecule has 1 aromatic heterocycles.